The Bertz CT molecular complexity index is 634. The summed E-state index contributed by atoms with van der Waals surface area (Å²) in [5.41, 5.74) is 1.49. The molecule has 0 saturated carbocycles. The largest absolute Gasteiger partial charge is 0.352 e. The number of carbonyl (C=O) groups is 1. The van der Waals surface area contributed by atoms with Crippen LogP contribution in [0.4, 0.5) is 10.6 Å². The van der Waals surface area contributed by atoms with Gasteiger partial charge in [0.05, 0.1) is 5.02 Å². The van der Waals surface area contributed by atoms with Crippen LogP contribution in [0, 0.1) is 0 Å². The van der Waals surface area contributed by atoms with Crippen molar-refractivity contribution < 1.29 is 4.79 Å². The van der Waals surface area contributed by atoms with Crippen molar-refractivity contribution in [2.45, 2.75) is 45.1 Å². The molecule has 6 heteroatoms. The van der Waals surface area contributed by atoms with Crippen LogP contribution in [-0.2, 0) is 0 Å². The SMILES string of the molecule is CC1CN(c2ncccc2Cl)CCN1C(=O)NCCC1=CCCCC1. The molecule has 2 aliphatic rings. The summed E-state index contributed by atoms with van der Waals surface area (Å²) >= 11 is 6.24. The second-order valence-electron chi connectivity index (χ2n) is 6.89. The molecule has 136 valence electrons. The predicted octanol–water partition coefficient (Wildman–Crippen LogP) is 3.85. The average Bonchev–Trinajstić information content (AvgIpc) is 2.63. The van der Waals surface area contributed by atoms with E-state index in [1.54, 1.807) is 6.20 Å². The zero-order valence-electron chi connectivity index (χ0n) is 14.9. The number of rotatable bonds is 4. The Morgan fingerprint density at radius 2 is 2.28 bits per heavy atom. The van der Waals surface area contributed by atoms with Crippen LogP contribution < -0.4 is 10.2 Å². The summed E-state index contributed by atoms with van der Waals surface area (Å²) in [5, 5.41) is 3.74. The van der Waals surface area contributed by atoms with E-state index < -0.39 is 0 Å². The Morgan fingerprint density at radius 3 is 3.00 bits per heavy atom. The highest BCUT2D eigenvalue weighted by molar-refractivity contribution is 6.32. The molecule has 1 unspecified atom stereocenters. The molecule has 0 spiro atoms. The number of nitrogens with one attached hydrogen (secondary N) is 1. The third-order valence-corrected chi connectivity index (χ3v) is 5.33. The number of piperazine rings is 1. The Kier molecular flexibility index (Phi) is 6.19. The lowest BCUT2D eigenvalue weighted by molar-refractivity contribution is 0.171. The molecule has 1 atom stereocenters. The Morgan fingerprint density at radius 1 is 1.40 bits per heavy atom. The molecule has 1 N–H and O–H groups in total. The van der Waals surface area contributed by atoms with E-state index in [4.69, 9.17) is 11.6 Å². The fraction of sp³-hybridized carbons (Fsp3) is 0.579. The molecule has 0 bridgehead atoms. The molecule has 1 fully saturated rings. The van der Waals surface area contributed by atoms with Gasteiger partial charge in [-0.3, -0.25) is 0 Å². The van der Waals surface area contributed by atoms with Crippen LogP contribution in [0.5, 0.6) is 0 Å². The molecule has 1 saturated heterocycles. The van der Waals surface area contributed by atoms with Gasteiger partial charge in [-0.2, -0.15) is 0 Å². The maximum absolute atomic E-state index is 12.5. The van der Waals surface area contributed by atoms with Crippen molar-refractivity contribution in [2.75, 3.05) is 31.1 Å². The van der Waals surface area contributed by atoms with E-state index >= 15 is 0 Å². The highest BCUT2D eigenvalue weighted by Gasteiger charge is 2.28. The number of halogens is 1. The van der Waals surface area contributed by atoms with Gasteiger partial charge in [-0.25, -0.2) is 9.78 Å². The Labute approximate surface area is 155 Å². The number of carbonyl (C=O) groups excluding carboxylic acids is 1. The van der Waals surface area contributed by atoms with Crippen molar-refractivity contribution in [1.29, 1.82) is 0 Å². The molecule has 1 aromatic heterocycles. The minimum Gasteiger partial charge on any atom is -0.352 e. The van der Waals surface area contributed by atoms with Crippen LogP contribution in [0.2, 0.25) is 5.02 Å². The second-order valence-corrected chi connectivity index (χ2v) is 7.29. The minimum absolute atomic E-state index is 0.0377. The third-order valence-electron chi connectivity index (χ3n) is 5.03. The number of allylic oxidation sites excluding steroid dienone is 1. The fourth-order valence-corrected chi connectivity index (χ4v) is 3.87. The van der Waals surface area contributed by atoms with Crippen molar-refractivity contribution in [3.8, 4) is 0 Å². The van der Waals surface area contributed by atoms with Gasteiger partial charge in [0.15, 0.2) is 0 Å². The molecule has 2 amide bonds. The summed E-state index contributed by atoms with van der Waals surface area (Å²) < 4.78 is 0. The van der Waals surface area contributed by atoms with Crippen molar-refractivity contribution in [3.05, 3.63) is 35.0 Å². The van der Waals surface area contributed by atoms with E-state index in [2.05, 4.69) is 28.2 Å². The van der Waals surface area contributed by atoms with Crippen molar-refractivity contribution in [2.24, 2.45) is 0 Å². The smallest absolute Gasteiger partial charge is 0.317 e. The maximum atomic E-state index is 12.5. The molecule has 0 aromatic carbocycles. The lowest BCUT2D eigenvalue weighted by Crippen LogP contribution is -2.57. The van der Waals surface area contributed by atoms with Crippen molar-refractivity contribution in [1.82, 2.24) is 15.2 Å². The van der Waals surface area contributed by atoms with E-state index in [9.17, 15) is 4.79 Å². The van der Waals surface area contributed by atoms with Gasteiger partial charge in [0.25, 0.3) is 0 Å². The number of anilines is 1. The van der Waals surface area contributed by atoms with Crippen molar-refractivity contribution in [3.63, 3.8) is 0 Å². The lowest BCUT2D eigenvalue weighted by Gasteiger charge is -2.40. The number of hydrogen-bond donors (Lipinski definition) is 1. The number of nitrogens with zero attached hydrogens (tertiary/aromatic N) is 3. The predicted molar refractivity (Wildman–Crippen MR) is 102 cm³/mol. The maximum Gasteiger partial charge on any atom is 0.317 e. The summed E-state index contributed by atoms with van der Waals surface area (Å²) in [6, 6.07) is 3.85. The van der Waals surface area contributed by atoms with Crippen LogP contribution >= 0.6 is 11.6 Å². The highest BCUT2D eigenvalue weighted by Crippen LogP contribution is 2.25. The normalized spacial score (nSPS) is 21.0. The van der Waals surface area contributed by atoms with Crippen LogP contribution in [0.3, 0.4) is 0 Å². The van der Waals surface area contributed by atoms with Gasteiger partial charge in [0.1, 0.15) is 5.82 Å². The first-order chi connectivity index (χ1) is 12.1. The number of aromatic nitrogens is 1. The standard InChI is InChI=1S/C19H27ClN4O/c1-15-14-23(18-17(20)8-5-10-21-18)12-13-24(15)19(25)22-11-9-16-6-3-2-4-7-16/h5-6,8,10,15H,2-4,7,9,11-14H2,1H3,(H,22,25). The molecule has 5 nitrogen and oxygen atoms in total. The minimum atomic E-state index is 0.0377. The van der Waals surface area contributed by atoms with Gasteiger partial charge in [0.2, 0.25) is 0 Å². The molecule has 1 aliphatic carbocycles. The lowest BCUT2D eigenvalue weighted by atomic mass is 9.97. The van der Waals surface area contributed by atoms with E-state index in [-0.39, 0.29) is 12.1 Å². The number of amides is 2. The zero-order chi connectivity index (χ0) is 17.6. The van der Waals surface area contributed by atoms with Crippen LogP contribution in [-0.4, -0.2) is 48.1 Å². The van der Waals surface area contributed by atoms with Crippen LogP contribution in [0.1, 0.15) is 39.0 Å². The molecular weight excluding hydrogens is 336 g/mol. The van der Waals surface area contributed by atoms with E-state index in [0.29, 0.717) is 11.6 Å². The molecular formula is C19H27ClN4O. The van der Waals surface area contributed by atoms with E-state index in [1.807, 2.05) is 17.0 Å². The monoisotopic (exact) mass is 362 g/mol. The molecule has 0 radical (unpaired) electrons. The summed E-state index contributed by atoms with van der Waals surface area (Å²) in [5.74, 6) is 0.806. The van der Waals surface area contributed by atoms with Gasteiger partial charge in [0, 0.05) is 38.4 Å². The summed E-state index contributed by atoms with van der Waals surface area (Å²) in [7, 11) is 0. The fourth-order valence-electron chi connectivity index (χ4n) is 3.63. The number of pyridine rings is 1. The van der Waals surface area contributed by atoms with Crippen molar-refractivity contribution >= 4 is 23.4 Å². The Balaban J connectivity index is 1.48. The quantitative estimate of drug-likeness (QED) is 0.828. The summed E-state index contributed by atoms with van der Waals surface area (Å²) in [4.78, 5) is 20.9. The van der Waals surface area contributed by atoms with E-state index in [0.717, 1.165) is 31.9 Å². The van der Waals surface area contributed by atoms with Gasteiger partial charge in [-0.15, -0.1) is 0 Å². The molecule has 25 heavy (non-hydrogen) atoms. The highest BCUT2D eigenvalue weighted by atomic mass is 35.5. The molecule has 2 heterocycles. The molecule has 3 rings (SSSR count). The first kappa shape index (κ1) is 18.1. The van der Waals surface area contributed by atoms with Gasteiger partial charge >= 0.3 is 6.03 Å². The van der Waals surface area contributed by atoms with Crippen LogP contribution in [0.25, 0.3) is 0 Å². The van der Waals surface area contributed by atoms with E-state index in [1.165, 1.54) is 31.3 Å². The summed E-state index contributed by atoms with van der Waals surface area (Å²) in [6.07, 6.45) is 10.0. The first-order valence-corrected chi connectivity index (χ1v) is 9.61. The Hall–Kier alpha value is -1.75. The number of urea groups is 1. The molecule has 1 aromatic rings. The van der Waals surface area contributed by atoms with Gasteiger partial charge in [-0.05, 0) is 51.2 Å². The molecule has 1 aliphatic heterocycles. The second kappa shape index (κ2) is 8.56. The van der Waals surface area contributed by atoms with Gasteiger partial charge in [-0.1, -0.05) is 23.3 Å². The first-order valence-electron chi connectivity index (χ1n) is 9.23. The zero-order valence-corrected chi connectivity index (χ0v) is 15.6. The van der Waals surface area contributed by atoms with Gasteiger partial charge < -0.3 is 15.1 Å². The number of hydrogen-bond acceptors (Lipinski definition) is 3. The topological polar surface area (TPSA) is 48.5 Å². The average molecular weight is 363 g/mol. The van der Waals surface area contributed by atoms with Crippen LogP contribution in [0.15, 0.2) is 30.0 Å². The third kappa shape index (κ3) is 4.66. The summed E-state index contributed by atoms with van der Waals surface area (Å²) in [6.45, 7) is 4.98.